The van der Waals surface area contributed by atoms with Gasteiger partial charge >= 0.3 is 0 Å². The molecule has 0 aliphatic rings. The Hall–Kier alpha value is -1.32. The highest BCUT2D eigenvalue weighted by Gasteiger charge is 2.06. The van der Waals surface area contributed by atoms with Gasteiger partial charge in [-0.05, 0) is 36.6 Å². The van der Waals surface area contributed by atoms with E-state index in [9.17, 15) is 4.79 Å². The van der Waals surface area contributed by atoms with Crippen molar-refractivity contribution in [3.8, 4) is 0 Å². The summed E-state index contributed by atoms with van der Waals surface area (Å²) in [6.45, 7) is 2.32. The van der Waals surface area contributed by atoms with Gasteiger partial charge in [-0.2, -0.15) is 0 Å². The highest BCUT2D eigenvalue weighted by molar-refractivity contribution is 9.10. The molecule has 0 aliphatic heterocycles. The van der Waals surface area contributed by atoms with Gasteiger partial charge < -0.3 is 0 Å². The Bertz CT molecular complexity index is 439. The van der Waals surface area contributed by atoms with Crippen molar-refractivity contribution in [1.82, 2.24) is 0 Å². The van der Waals surface area contributed by atoms with E-state index in [1.54, 1.807) is 6.07 Å². The second-order valence-electron chi connectivity index (χ2n) is 3.45. The number of nitrogens with zero attached hydrogens (tertiary/aromatic N) is 3. The monoisotopic (exact) mass is 281 g/mol. The lowest BCUT2D eigenvalue weighted by Gasteiger charge is -2.02. The largest absolute Gasteiger partial charge is 0.294 e. The van der Waals surface area contributed by atoms with Crippen molar-refractivity contribution in [3.05, 3.63) is 44.2 Å². The number of rotatable bonds is 5. The van der Waals surface area contributed by atoms with E-state index in [0.29, 0.717) is 24.9 Å². The van der Waals surface area contributed by atoms with Crippen LogP contribution in [0.1, 0.15) is 28.8 Å². The van der Waals surface area contributed by atoms with Crippen molar-refractivity contribution < 1.29 is 4.79 Å². The number of ketones is 1. The summed E-state index contributed by atoms with van der Waals surface area (Å²) in [6, 6.07) is 5.53. The minimum absolute atomic E-state index is 0.0868. The van der Waals surface area contributed by atoms with Gasteiger partial charge in [-0.25, -0.2) is 0 Å². The van der Waals surface area contributed by atoms with E-state index in [1.165, 1.54) is 0 Å². The lowest BCUT2D eigenvalue weighted by Crippen LogP contribution is -2.00. The fourth-order valence-corrected chi connectivity index (χ4v) is 1.56. The first-order valence-electron chi connectivity index (χ1n) is 4.95. The summed E-state index contributed by atoms with van der Waals surface area (Å²) in [4.78, 5) is 14.4. The molecule has 0 unspecified atom stereocenters. The third-order valence-corrected chi connectivity index (χ3v) is 3.09. The molecule has 0 heterocycles. The zero-order chi connectivity index (χ0) is 12.0. The van der Waals surface area contributed by atoms with Crippen LogP contribution in [0.3, 0.4) is 0 Å². The van der Waals surface area contributed by atoms with Crippen molar-refractivity contribution >= 4 is 21.7 Å². The summed E-state index contributed by atoms with van der Waals surface area (Å²) in [6.07, 6.45) is 1.01. The van der Waals surface area contributed by atoms with Crippen molar-refractivity contribution in [2.24, 2.45) is 5.11 Å². The van der Waals surface area contributed by atoms with Crippen molar-refractivity contribution in [2.75, 3.05) is 6.54 Å². The minimum atomic E-state index is 0.0868. The van der Waals surface area contributed by atoms with Gasteiger partial charge in [0.1, 0.15) is 0 Å². The maximum Gasteiger partial charge on any atom is 0.162 e. The van der Waals surface area contributed by atoms with E-state index in [2.05, 4.69) is 26.0 Å². The molecule has 1 aromatic carbocycles. The van der Waals surface area contributed by atoms with E-state index in [1.807, 2.05) is 19.1 Å². The average Bonchev–Trinajstić information content (AvgIpc) is 2.28. The van der Waals surface area contributed by atoms with Crippen LogP contribution in [0.5, 0.6) is 0 Å². The number of carbonyl (C=O) groups is 1. The van der Waals surface area contributed by atoms with Gasteiger partial charge in [0.05, 0.1) is 0 Å². The Labute approximate surface area is 102 Å². The van der Waals surface area contributed by atoms with Crippen LogP contribution in [0.2, 0.25) is 0 Å². The molecule has 5 heteroatoms. The lowest BCUT2D eigenvalue weighted by atomic mass is 10.0. The number of hydrogen-bond acceptors (Lipinski definition) is 2. The predicted octanol–water partition coefficient (Wildman–Crippen LogP) is 4.03. The van der Waals surface area contributed by atoms with Gasteiger partial charge in [0, 0.05) is 27.9 Å². The first-order valence-corrected chi connectivity index (χ1v) is 5.74. The van der Waals surface area contributed by atoms with Gasteiger partial charge in [-0.1, -0.05) is 27.1 Å². The Kier molecular flexibility index (Phi) is 5.02. The SMILES string of the molecule is Cc1cc(C(=O)CCCN=[N+]=[N-])ccc1Br. The maximum absolute atomic E-state index is 11.7. The highest BCUT2D eigenvalue weighted by Crippen LogP contribution is 2.18. The van der Waals surface area contributed by atoms with Crippen molar-refractivity contribution in [3.63, 3.8) is 0 Å². The number of benzene rings is 1. The summed E-state index contributed by atoms with van der Waals surface area (Å²) in [5.41, 5.74) is 9.84. The Morgan fingerprint density at radius 3 is 2.94 bits per heavy atom. The molecule has 1 aromatic rings. The molecule has 0 aliphatic carbocycles. The molecular weight excluding hydrogens is 270 g/mol. The average molecular weight is 282 g/mol. The molecule has 0 atom stereocenters. The zero-order valence-corrected chi connectivity index (χ0v) is 10.6. The van der Waals surface area contributed by atoms with Crippen LogP contribution in [-0.2, 0) is 0 Å². The highest BCUT2D eigenvalue weighted by atomic mass is 79.9. The molecule has 0 bridgehead atoms. The number of azide groups is 1. The normalized spacial score (nSPS) is 9.62. The Morgan fingerprint density at radius 1 is 1.56 bits per heavy atom. The third kappa shape index (κ3) is 3.68. The van der Waals surface area contributed by atoms with Crippen LogP contribution in [-0.4, -0.2) is 12.3 Å². The van der Waals surface area contributed by atoms with E-state index >= 15 is 0 Å². The standard InChI is InChI=1S/C11H12BrN3O/c1-8-7-9(4-5-10(8)12)11(16)3-2-6-14-15-13/h4-5,7H,2-3,6H2,1H3. The fourth-order valence-electron chi connectivity index (χ4n) is 1.32. The molecule has 16 heavy (non-hydrogen) atoms. The van der Waals surface area contributed by atoms with Gasteiger partial charge in [-0.3, -0.25) is 4.79 Å². The van der Waals surface area contributed by atoms with Crippen LogP contribution in [0.15, 0.2) is 27.8 Å². The smallest absolute Gasteiger partial charge is 0.162 e. The Balaban J connectivity index is 2.59. The summed E-state index contributed by atoms with van der Waals surface area (Å²) in [5.74, 6) is 0.0868. The van der Waals surface area contributed by atoms with Crippen molar-refractivity contribution in [2.45, 2.75) is 19.8 Å². The topological polar surface area (TPSA) is 65.8 Å². The maximum atomic E-state index is 11.7. The van der Waals surface area contributed by atoms with Crippen LogP contribution in [0.25, 0.3) is 10.4 Å². The number of aryl methyl sites for hydroxylation is 1. The zero-order valence-electron chi connectivity index (χ0n) is 8.98. The quantitative estimate of drug-likeness (QED) is 0.264. The van der Waals surface area contributed by atoms with Gasteiger partial charge in [0.15, 0.2) is 5.78 Å². The van der Waals surface area contributed by atoms with Crippen molar-refractivity contribution in [1.29, 1.82) is 0 Å². The molecule has 0 amide bonds. The second-order valence-corrected chi connectivity index (χ2v) is 4.30. The molecule has 0 N–H and O–H groups in total. The molecule has 84 valence electrons. The first kappa shape index (κ1) is 12.7. The van der Waals surface area contributed by atoms with Crippen LogP contribution >= 0.6 is 15.9 Å². The van der Waals surface area contributed by atoms with E-state index in [-0.39, 0.29) is 5.78 Å². The summed E-state index contributed by atoms with van der Waals surface area (Å²) >= 11 is 3.39. The molecule has 0 aromatic heterocycles. The van der Waals surface area contributed by atoms with Crippen LogP contribution in [0, 0.1) is 6.92 Å². The molecule has 0 radical (unpaired) electrons. The van der Waals surface area contributed by atoms with E-state index < -0.39 is 0 Å². The number of hydrogen-bond donors (Lipinski definition) is 0. The molecule has 0 spiro atoms. The van der Waals surface area contributed by atoms with Gasteiger partial charge in [0.25, 0.3) is 0 Å². The lowest BCUT2D eigenvalue weighted by molar-refractivity contribution is 0.0980. The molecule has 0 saturated heterocycles. The minimum Gasteiger partial charge on any atom is -0.294 e. The fraction of sp³-hybridized carbons (Fsp3) is 0.364. The number of halogens is 1. The molecule has 0 fully saturated rings. The van der Waals surface area contributed by atoms with Gasteiger partial charge in [0.2, 0.25) is 0 Å². The Morgan fingerprint density at radius 2 is 2.31 bits per heavy atom. The van der Waals surface area contributed by atoms with E-state index in [0.717, 1.165) is 10.0 Å². The molecule has 4 nitrogen and oxygen atoms in total. The first-order chi connectivity index (χ1) is 7.65. The van der Waals surface area contributed by atoms with Crippen LogP contribution < -0.4 is 0 Å². The number of Topliss-reactive ketones (excluding diaryl/α,β-unsaturated/α-hetero) is 1. The summed E-state index contributed by atoms with van der Waals surface area (Å²) in [7, 11) is 0. The van der Waals surface area contributed by atoms with Crippen LogP contribution in [0.4, 0.5) is 0 Å². The molecule has 1 rings (SSSR count). The van der Waals surface area contributed by atoms with E-state index in [4.69, 9.17) is 5.53 Å². The van der Waals surface area contributed by atoms with Gasteiger partial charge in [-0.15, -0.1) is 0 Å². The summed E-state index contributed by atoms with van der Waals surface area (Å²) < 4.78 is 0.998. The molecular formula is C11H12BrN3O. The predicted molar refractivity (Wildman–Crippen MR) is 66.5 cm³/mol. The second kappa shape index (κ2) is 6.30. The third-order valence-electron chi connectivity index (χ3n) is 2.21. The number of carbonyl (C=O) groups excluding carboxylic acids is 1. The molecule has 0 saturated carbocycles. The summed E-state index contributed by atoms with van der Waals surface area (Å²) in [5, 5.41) is 3.39.